The number of carbonyl (C=O) groups is 2. The minimum absolute atomic E-state index is 0.0467. The van der Waals surface area contributed by atoms with E-state index in [0.717, 1.165) is 11.1 Å². The summed E-state index contributed by atoms with van der Waals surface area (Å²) in [5, 5.41) is 11.4. The molecule has 2 aromatic carbocycles. The Morgan fingerprint density at radius 3 is 2.76 bits per heavy atom. The van der Waals surface area contributed by atoms with Crippen LogP contribution in [0.2, 0.25) is 0 Å². The molecule has 3 rings (SSSR count). The smallest absolute Gasteiger partial charge is 0.306 e. The van der Waals surface area contributed by atoms with E-state index in [9.17, 15) is 9.59 Å². The second-order valence-electron chi connectivity index (χ2n) is 6.39. The number of nitrogens with one attached hydrogen (secondary N) is 1. The van der Waals surface area contributed by atoms with Gasteiger partial charge >= 0.3 is 5.97 Å². The lowest BCUT2D eigenvalue weighted by atomic mass is 10.1. The van der Waals surface area contributed by atoms with Gasteiger partial charge in [-0.25, -0.2) is 4.98 Å². The van der Waals surface area contributed by atoms with Crippen molar-refractivity contribution >= 4 is 17.6 Å². The van der Waals surface area contributed by atoms with Gasteiger partial charge < -0.3 is 14.5 Å². The Hall–Kier alpha value is -3.92. The summed E-state index contributed by atoms with van der Waals surface area (Å²) >= 11 is 0. The highest BCUT2D eigenvalue weighted by Gasteiger charge is 2.12. The number of hydrogen-bond acceptors (Lipinski definition) is 6. The largest absolute Gasteiger partial charge is 0.456 e. The molecule has 0 bridgehead atoms. The highest BCUT2D eigenvalue weighted by atomic mass is 16.5. The van der Waals surface area contributed by atoms with E-state index >= 15 is 0 Å². The third-order valence-corrected chi connectivity index (χ3v) is 4.07. The van der Waals surface area contributed by atoms with E-state index in [1.54, 1.807) is 24.4 Å². The molecule has 1 heterocycles. The average molecular weight is 389 g/mol. The lowest BCUT2D eigenvalue weighted by Gasteiger charge is -2.06. The summed E-state index contributed by atoms with van der Waals surface area (Å²) in [4.78, 5) is 27.9. The van der Waals surface area contributed by atoms with Crippen LogP contribution in [0.1, 0.15) is 23.4 Å². The van der Waals surface area contributed by atoms with Gasteiger partial charge in [-0.1, -0.05) is 35.9 Å². The second kappa shape index (κ2) is 9.33. The van der Waals surface area contributed by atoms with Crippen LogP contribution in [-0.4, -0.2) is 23.5 Å². The Labute approximate surface area is 167 Å². The van der Waals surface area contributed by atoms with Gasteiger partial charge in [0.15, 0.2) is 18.3 Å². The van der Waals surface area contributed by atoms with Crippen molar-refractivity contribution in [2.75, 3.05) is 11.9 Å². The molecule has 1 amide bonds. The first-order chi connectivity index (χ1) is 14.0. The maximum absolute atomic E-state index is 11.9. The molecule has 0 spiro atoms. The maximum Gasteiger partial charge on any atom is 0.306 e. The zero-order valence-electron chi connectivity index (χ0n) is 15.8. The fraction of sp³-hybridized carbons (Fsp3) is 0.182. The molecule has 0 saturated heterocycles. The van der Waals surface area contributed by atoms with Crippen LogP contribution in [0.25, 0.3) is 11.3 Å². The lowest BCUT2D eigenvalue weighted by Crippen LogP contribution is -2.21. The van der Waals surface area contributed by atoms with Crippen LogP contribution in [0.15, 0.2) is 59.1 Å². The van der Waals surface area contributed by atoms with Crippen molar-refractivity contribution in [3.8, 4) is 17.4 Å². The van der Waals surface area contributed by atoms with Crippen molar-refractivity contribution in [2.45, 2.75) is 19.8 Å². The molecular weight excluding hydrogens is 370 g/mol. The molecule has 0 radical (unpaired) electrons. The standard InChI is InChI=1S/C22H19N3O4/c1-15-5-7-17(8-6-15)19-13-24-21(29-19)9-10-22(27)28-14-20(26)25-18-4-2-3-16(11-18)12-23/h2-8,11,13H,9-10,14H2,1H3,(H,25,26). The number of ether oxygens (including phenoxy) is 1. The van der Waals surface area contributed by atoms with Crippen LogP contribution in [0, 0.1) is 18.3 Å². The fourth-order valence-corrected chi connectivity index (χ4v) is 2.57. The van der Waals surface area contributed by atoms with E-state index in [1.807, 2.05) is 37.3 Å². The molecule has 146 valence electrons. The first-order valence-electron chi connectivity index (χ1n) is 9.01. The van der Waals surface area contributed by atoms with Crippen LogP contribution in [0.3, 0.4) is 0 Å². The van der Waals surface area contributed by atoms with Gasteiger partial charge in [0.2, 0.25) is 0 Å². The molecule has 0 aliphatic carbocycles. The molecule has 0 atom stereocenters. The van der Waals surface area contributed by atoms with Gasteiger partial charge in [0.1, 0.15) is 0 Å². The topological polar surface area (TPSA) is 105 Å². The minimum atomic E-state index is -0.527. The molecule has 0 aliphatic rings. The number of carbonyl (C=O) groups excluding carboxylic acids is 2. The van der Waals surface area contributed by atoms with Gasteiger partial charge in [-0.15, -0.1) is 0 Å². The lowest BCUT2D eigenvalue weighted by molar-refractivity contribution is -0.147. The van der Waals surface area contributed by atoms with Crippen LogP contribution in [0.5, 0.6) is 0 Å². The summed E-state index contributed by atoms with van der Waals surface area (Å²) in [6.07, 6.45) is 1.94. The van der Waals surface area contributed by atoms with Crippen molar-refractivity contribution < 1.29 is 18.7 Å². The van der Waals surface area contributed by atoms with E-state index in [4.69, 9.17) is 14.4 Å². The van der Waals surface area contributed by atoms with Crippen molar-refractivity contribution in [1.29, 1.82) is 5.26 Å². The molecule has 3 aromatic rings. The Bertz CT molecular complexity index is 1050. The Kier molecular flexibility index (Phi) is 6.38. The zero-order chi connectivity index (χ0) is 20.6. The maximum atomic E-state index is 11.9. The summed E-state index contributed by atoms with van der Waals surface area (Å²) < 4.78 is 10.6. The predicted octanol–water partition coefficient (Wildman–Crippen LogP) is 3.64. The third-order valence-electron chi connectivity index (χ3n) is 4.07. The average Bonchev–Trinajstić information content (AvgIpc) is 3.20. The Balaban J connectivity index is 1.43. The second-order valence-corrected chi connectivity index (χ2v) is 6.39. The Morgan fingerprint density at radius 2 is 2.00 bits per heavy atom. The molecule has 1 aromatic heterocycles. The van der Waals surface area contributed by atoms with E-state index in [1.165, 1.54) is 6.07 Å². The third kappa shape index (κ3) is 5.78. The number of aromatic nitrogens is 1. The summed E-state index contributed by atoms with van der Waals surface area (Å²) in [7, 11) is 0. The van der Waals surface area contributed by atoms with E-state index in [2.05, 4.69) is 10.3 Å². The number of aryl methyl sites for hydroxylation is 2. The molecular formula is C22H19N3O4. The summed E-state index contributed by atoms with van der Waals surface area (Å²) in [6.45, 7) is 1.60. The normalized spacial score (nSPS) is 10.2. The highest BCUT2D eigenvalue weighted by Crippen LogP contribution is 2.21. The SMILES string of the molecule is Cc1ccc(-c2cnc(CCC(=O)OCC(=O)Nc3cccc(C#N)c3)o2)cc1. The molecule has 1 N–H and O–H groups in total. The molecule has 0 saturated carbocycles. The van der Waals surface area contributed by atoms with Crippen molar-refractivity contribution in [3.05, 3.63) is 71.7 Å². The highest BCUT2D eigenvalue weighted by molar-refractivity contribution is 5.92. The van der Waals surface area contributed by atoms with E-state index < -0.39 is 18.5 Å². The quantitative estimate of drug-likeness (QED) is 0.619. The number of rotatable bonds is 7. The fourth-order valence-electron chi connectivity index (χ4n) is 2.57. The number of hydrogen-bond donors (Lipinski definition) is 1. The van der Waals surface area contributed by atoms with Crippen LogP contribution in [-0.2, 0) is 20.7 Å². The number of esters is 1. The number of benzene rings is 2. The minimum Gasteiger partial charge on any atom is -0.456 e. The van der Waals surface area contributed by atoms with Gasteiger partial charge in [0.25, 0.3) is 5.91 Å². The van der Waals surface area contributed by atoms with Gasteiger partial charge in [-0.05, 0) is 25.1 Å². The monoisotopic (exact) mass is 389 g/mol. The van der Waals surface area contributed by atoms with Gasteiger partial charge in [0.05, 0.1) is 24.3 Å². The summed E-state index contributed by atoms with van der Waals surface area (Å²) in [5.74, 6) is 0.0508. The number of nitriles is 1. The zero-order valence-corrected chi connectivity index (χ0v) is 15.8. The molecule has 0 fully saturated rings. The van der Waals surface area contributed by atoms with Crippen molar-refractivity contribution in [3.63, 3.8) is 0 Å². The molecule has 29 heavy (non-hydrogen) atoms. The summed E-state index contributed by atoms with van der Waals surface area (Å²) in [5.41, 5.74) is 2.95. The first-order valence-corrected chi connectivity index (χ1v) is 9.01. The van der Waals surface area contributed by atoms with Gasteiger partial charge in [-0.2, -0.15) is 5.26 Å². The number of anilines is 1. The van der Waals surface area contributed by atoms with E-state index in [0.29, 0.717) is 22.9 Å². The first kappa shape index (κ1) is 19.8. The molecule has 0 unspecified atom stereocenters. The van der Waals surface area contributed by atoms with Gasteiger partial charge in [0, 0.05) is 17.7 Å². The van der Waals surface area contributed by atoms with Crippen LogP contribution < -0.4 is 5.32 Å². The molecule has 7 heteroatoms. The van der Waals surface area contributed by atoms with Crippen LogP contribution in [0.4, 0.5) is 5.69 Å². The van der Waals surface area contributed by atoms with Gasteiger partial charge in [-0.3, -0.25) is 9.59 Å². The predicted molar refractivity (Wildman–Crippen MR) is 106 cm³/mol. The van der Waals surface area contributed by atoms with Crippen molar-refractivity contribution in [2.24, 2.45) is 0 Å². The van der Waals surface area contributed by atoms with Crippen LogP contribution >= 0.6 is 0 Å². The number of nitrogens with zero attached hydrogens (tertiary/aromatic N) is 2. The summed E-state index contributed by atoms with van der Waals surface area (Å²) in [6, 6.07) is 16.3. The molecule has 0 aliphatic heterocycles. The number of amides is 1. The molecule has 7 nitrogen and oxygen atoms in total. The number of oxazole rings is 1. The van der Waals surface area contributed by atoms with Crippen molar-refractivity contribution in [1.82, 2.24) is 4.98 Å². The Morgan fingerprint density at radius 1 is 1.21 bits per heavy atom. The van der Waals surface area contributed by atoms with E-state index in [-0.39, 0.29) is 12.8 Å².